The minimum absolute atomic E-state index is 0.103. The molecule has 2 heterocycles. The maximum absolute atomic E-state index is 13.1. The number of carbonyl (C=O) groups excluding carboxylic acids is 2. The van der Waals surface area contributed by atoms with E-state index >= 15 is 0 Å². The lowest BCUT2D eigenvalue weighted by atomic mass is 10.0. The van der Waals surface area contributed by atoms with Crippen molar-refractivity contribution in [1.82, 2.24) is 20.5 Å². The first-order chi connectivity index (χ1) is 15.4. The molecule has 2 aromatic rings. The number of amides is 2. The minimum atomic E-state index is -0.703. The van der Waals surface area contributed by atoms with Gasteiger partial charge in [-0.05, 0) is 62.6 Å². The fourth-order valence-corrected chi connectivity index (χ4v) is 4.05. The topological polar surface area (TPSA) is 110 Å². The summed E-state index contributed by atoms with van der Waals surface area (Å²) in [5, 5.41) is 5.92. The molecule has 0 unspecified atom stereocenters. The monoisotopic (exact) mass is 439 g/mol. The standard InChI is InChI=1S/C24H33N5O3/c1-16(2)29-11-5-8-21(29)24(31)28-20(13-17-6-4-7-19(12-17)32-3)23(30)27-15-18-9-10-22(25)26-14-18/h4,6-7,9-10,12,14,16,20-21H,5,8,11,13,15H2,1-3H3,(H2,25,26)(H,27,30)(H,28,31)/t20-,21+/m0/s1. The van der Waals surface area contributed by atoms with Gasteiger partial charge in [0, 0.05) is 25.2 Å². The number of nitrogens with two attached hydrogens (primary N) is 1. The van der Waals surface area contributed by atoms with E-state index in [4.69, 9.17) is 10.5 Å². The van der Waals surface area contributed by atoms with Crippen LogP contribution in [0.3, 0.4) is 0 Å². The Morgan fingerprint density at radius 2 is 2.06 bits per heavy atom. The van der Waals surface area contributed by atoms with Crippen LogP contribution >= 0.6 is 0 Å². The van der Waals surface area contributed by atoms with Crippen molar-refractivity contribution in [2.24, 2.45) is 0 Å². The number of hydrogen-bond acceptors (Lipinski definition) is 6. The van der Waals surface area contributed by atoms with Gasteiger partial charge in [0.05, 0.1) is 13.2 Å². The van der Waals surface area contributed by atoms with Crippen LogP contribution in [0.15, 0.2) is 42.6 Å². The first kappa shape index (κ1) is 23.5. The summed E-state index contributed by atoms with van der Waals surface area (Å²) in [5.41, 5.74) is 7.37. The molecule has 0 saturated carbocycles. The van der Waals surface area contributed by atoms with Crippen molar-refractivity contribution in [3.63, 3.8) is 0 Å². The summed E-state index contributed by atoms with van der Waals surface area (Å²) in [5.74, 6) is 0.790. The molecule has 1 saturated heterocycles. The Balaban J connectivity index is 1.72. The molecular weight excluding hydrogens is 406 g/mol. The summed E-state index contributed by atoms with van der Waals surface area (Å²) < 4.78 is 5.30. The van der Waals surface area contributed by atoms with Gasteiger partial charge in [0.25, 0.3) is 0 Å². The van der Waals surface area contributed by atoms with Crippen molar-refractivity contribution in [3.05, 3.63) is 53.7 Å². The van der Waals surface area contributed by atoms with Gasteiger partial charge in [-0.3, -0.25) is 14.5 Å². The number of methoxy groups -OCH3 is 1. The minimum Gasteiger partial charge on any atom is -0.497 e. The lowest BCUT2D eigenvalue weighted by Gasteiger charge is -2.29. The maximum atomic E-state index is 13.1. The largest absolute Gasteiger partial charge is 0.497 e. The summed E-state index contributed by atoms with van der Waals surface area (Å²) in [7, 11) is 1.60. The molecule has 8 nitrogen and oxygen atoms in total. The second-order valence-electron chi connectivity index (χ2n) is 8.42. The third-order valence-corrected chi connectivity index (χ3v) is 5.78. The normalized spacial score (nSPS) is 17.2. The Bertz CT molecular complexity index is 916. The number of nitrogens with one attached hydrogen (secondary N) is 2. The van der Waals surface area contributed by atoms with Crippen molar-refractivity contribution in [3.8, 4) is 5.75 Å². The van der Waals surface area contributed by atoms with Gasteiger partial charge < -0.3 is 21.1 Å². The molecule has 2 amide bonds. The van der Waals surface area contributed by atoms with E-state index in [1.165, 1.54) is 0 Å². The molecule has 0 aliphatic carbocycles. The number of nitrogens with zero attached hydrogens (tertiary/aromatic N) is 2. The number of likely N-dealkylation sites (tertiary alicyclic amines) is 1. The lowest BCUT2D eigenvalue weighted by molar-refractivity contribution is -0.131. The molecule has 0 spiro atoms. The highest BCUT2D eigenvalue weighted by Crippen LogP contribution is 2.21. The molecule has 1 fully saturated rings. The molecule has 1 aliphatic heterocycles. The van der Waals surface area contributed by atoms with Crippen molar-refractivity contribution < 1.29 is 14.3 Å². The van der Waals surface area contributed by atoms with Gasteiger partial charge in [0.1, 0.15) is 17.6 Å². The van der Waals surface area contributed by atoms with E-state index in [0.717, 1.165) is 30.5 Å². The van der Waals surface area contributed by atoms with E-state index in [2.05, 4.69) is 34.4 Å². The van der Waals surface area contributed by atoms with Crippen LogP contribution in [-0.4, -0.2) is 53.5 Å². The second-order valence-corrected chi connectivity index (χ2v) is 8.42. The van der Waals surface area contributed by atoms with Crippen molar-refractivity contribution in [2.75, 3.05) is 19.4 Å². The van der Waals surface area contributed by atoms with Crippen molar-refractivity contribution in [1.29, 1.82) is 0 Å². The molecule has 1 aromatic heterocycles. The van der Waals surface area contributed by atoms with Crippen LogP contribution in [0.2, 0.25) is 0 Å². The third-order valence-electron chi connectivity index (χ3n) is 5.78. The summed E-state index contributed by atoms with van der Waals surface area (Å²) in [6.07, 6.45) is 3.77. The molecule has 172 valence electrons. The van der Waals surface area contributed by atoms with Gasteiger partial charge in [0.2, 0.25) is 11.8 Å². The molecule has 2 atom stereocenters. The highest BCUT2D eigenvalue weighted by atomic mass is 16.5. The smallest absolute Gasteiger partial charge is 0.243 e. The third kappa shape index (κ3) is 6.20. The SMILES string of the molecule is COc1cccc(C[C@H](NC(=O)[C@H]2CCCN2C(C)C)C(=O)NCc2ccc(N)nc2)c1. The molecular formula is C24H33N5O3. The molecule has 0 bridgehead atoms. The number of hydrogen-bond donors (Lipinski definition) is 3. The van der Waals surface area contributed by atoms with Gasteiger partial charge in [-0.1, -0.05) is 18.2 Å². The van der Waals surface area contributed by atoms with Gasteiger partial charge in [-0.2, -0.15) is 0 Å². The van der Waals surface area contributed by atoms with E-state index in [1.54, 1.807) is 19.4 Å². The van der Waals surface area contributed by atoms with E-state index in [0.29, 0.717) is 24.5 Å². The molecule has 1 aliphatic rings. The average molecular weight is 440 g/mol. The summed E-state index contributed by atoms with van der Waals surface area (Å²) in [6, 6.07) is 10.4. The fourth-order valence-electron chi connectivity index (χ4n) is 4.05. The van der Waals surface area contributed by atoms with Gasteiger partial charge in [-0.15, -0.1) is 0 Å². The molecule has 0 radical (unpaired) electrons. The highest BCUT2D eigenvalue weighted by Gasteiger charge is 2.34. The van der Waals surface area contributed by atoms with E-state index < -0.39 is 6.04 Å². The van der Waals surface area contributed by atoms with Crippen LogP contribution in [0.25, 0.3) is 0 Å². The van der Waals surface area contributed by atoms with Crippen LogP contribution in [0.1, 0.15) is 37.8 Å². The van der Waals surface area contributed by atoms with Crippen LogP contribution < -0.4 is 21.1 Å². The Morgan fingerprint density at radius 1 is 1.25 bits per heavy atom. The Hall–Kier alpha value is -3.13. The molecule has 8 heteroatoms. The molecule has 1 aromatic carbocycles. The number of aromatic nitrogens is 1. The summed E-state index contributed by atoms with van der Waals surface area (Å²) >= 11 is 0. The van der Waals surface area contributed by atoms with Crippen molar-refractivity contribution >= 4 is 17.6 Å². The Kier molecular flexibility index (Phi) is 8.05. The molecule has 32 heavy (non-hydrogen) atoms. The van der Waals surface area contributed by atoms with Gasteiger partial charge in [0.15, 0.2) is 0 Å². The number of pyridine rings is 1. The second kappa shape index (κ2) is 10.9. The van der Waals surface area contributed by atoms with Crippen LogP contribution in [0.4, 0.5) is 5.82 Å². The van der Waals surface area contributed by atoms with Crippen LogP contribution in [-0.2, 0) is 22.6 Å². The fraction of sp³-hybridized carbons (Fsp3) is 0.458. The van der Waals surface area contributed by atoms with E-state index in [1.807, 2.05) is 30.3 Å². The van der Waals surface area contributed by atoms with E-state index in [-0.39, 0.29) is 23.9 Å². The van der Waals surface area contributed by atoms with Crippen molar-refractivity contribution in [2.45, 2.75) is 57.8 Å². The number of rotatable bonds is 9. The molecule has 3 rings (SSSR count). The average Bonchev–Trinajstić information content (AvgIpc) is 3.29. The number of carbonyl (C=O) groups is 2. The first-order valence-electron chi connectivity index (χ1n) is 11.0. The zero-order valence-electron chi connectivity index (χ0n) is 19.0. The number of ether oxygens (including phenoxy) is 1. The predicted molar refractivity (Wildman–Crippen MR) is 124 cm³/mol. The maximum Gasteiger partial charge on any atom is 0.243 e. The first-order valence-corrected chi connectivity index (χ1v) is 11.0. The van der Waals surface area contributed by atoms with Gasteiger partial charge in [-0.25, -0.2) is 4.98 Å². The zero-order chi connectivity index (χ0) is 23.1. The molecule has 4 N–H and O–H groups in total. The van der Waals surface area contributed by atoms with Crippen LogP contribution in [0.5, 0.6) is 5.75 Å². The Morgan fingerprint density at radius 3 is 2.75 bits per heavy atom. The highest BCUT2D eigenvalue weighted by molar-refractivity contribution is 5.90. The predicted octanol–water partition coefficient (Wildman–Crippen LogP) is 1.89. The van der Waals surface area contributed by atoms with Crippen LogP contribution in [0, 0.1) is 0 Å². The van der Waals surface area contributed by atoms with Gasteiger partial charge >= 0.3 is 0 Å². The number of anilines is 1. The van der Waals surface area contributed by atoms with E-state index in [9.17, 15) is 9.59 Å². The quantitative estimate of drug-likeness (QED) is 0.550. The number of nitrogen functional groups attached to an aromatic ring is 1. The Labute approximate surface area is 189 Å². The number of benzene rings is 1. The lowest BCUT2D eigenvalue weighted by Crippen LogP contribution is -2.53. The summed E-state index contributed by atoms with van der Waals surface area (Å²) in [4.78, 5) is 32.5. The summed E-state index contributed by atoms with van der Waals surface area (Å²) in [6.45, 7) is 5.38. The zero-order valence-corrected chi connectivity index (χ0v) is 19.0.